The summed E-state index contributed by atoms with van der Waals surface area (Å²) in [6, 6.07) is 7.81. The molecule has 0 unspecified atom stereocenters. The van der Waals surface area contributed by atoms with E-state index in [9.17, 15) is 9.59 Å². The van der Waals surface area contributed by atoms with Gasteiger partial charge >= 0.3 is 5.97 Å². The Hall–Kier alpha value is -1.49. The normalized spacial score (nSPS) is 16.4. The van der Waals surface area contributed by atoms with Crippen LogP contribution in [0, 0.1) is 5.41 Å². The monoisotopic (exact) mass is 321 g/mol. The number of hydrogen-bond donors (Lipinski definition) is 2. The van der Waals surface area contributed by atoms with Crippen molar-refractivity contribution in [1.82, 2.24) is 0 Å². The number of carbonyl (C=O) groups excluding carboxylic acids is 1. The van der Waals surface area contributed by atoms with E-state index in [0.29, 0.717) is 5.75 Å². The fourth-order valence-electron chi connectivity index (χ4n) is 2.75. The maximum Gasteiger partial charge on any atom is 0.304 e. The Kier molecular flexibility index (Phi) is 5.89. The van der Waals surface area contributed by atoms with Gasteiger partial charge in [0.25, 0.3) is 0 Å². The molecule has 1 fully saturated rings. The molecule has 0 bridgehead atoms. The fourth-order valence-corrected chi connectivity index (χ4v) is 3.63. The molecule has 5 heteroatoms. The molecule has 0 radical (unpaired) electrons. The van der Waals surface area contributed by atoms with Gasteiger partial charge in [0.1, 0.15) is 0 Å². The molecule has 22 heavy (non-hydrogen) atoms. The van der Waals surface area contributed by atoms with Crippen LogP contribution < -0.4 is 5.32 Å². The number of carboxylic acids is 1. The molecule has 0 aliphatic heterocycles. The number of aliphatic carboxylic acids is 1. The molecular weight excluding hydrogens is 298 g/mol. The highest BCUT2D eigenvalue weighted by Gasteiger charge is 2.36. The molecule has 1 amide bonds. The zero-order valence-electron chi connectivity index (χ0n) is 12.9. The molecule has 1 aromatic rings. The number of carbonyl (C=O) groups is 2. The molecule has 0 atom stereocenters. The second-order valence-electron chi connectivity index (χ2n) is 6.12. The number of nitrogens with one attached hydrogen (secondary N) is 1. The van der Waals surface area contributed by atoms with Crippen LogP contribution in [0.3, 0.4) is 0 Å². The van der Waals surface area contributed by atoms with Gasteiger partial charge in [-0.15, -0.1) is 0 Å². The number of thioether (sulfide) groups is 1. The second-order valence-corrected chi connectivity index (χ2v) is 7.22. The Morgan fingerprint density at radius 1 is 1.32 bits per heavy atom. The van der Waals surface area contributed by atoms with Crippen LogP contribution in [0.15, 0.2) is 24.3 Å². The van der Waals surface area contributed by atoms with E-state index < -0.39 is 5.97 Å². The summed E-state index contributed by atoms with van der Waals surface area (Å²) >= 11 is 1.59. The zero-order chi connectivity index (χ0) is 16.0. The smallest absolute Gasteiger partial charge is 0.304 e. The Morgan fingerprint density at radius 2 is 2.05 bits per heavy atom. The number of hydrogen-bond acceptors (Lipinski definition) is 3. The third-order valence-corrected chi connectivity index (χ3v) is 5.20. The molecule has 0 aromatic heterocycles. The Bertz CT molecular complexity index is 538. The van der Waals surface area contributed by atoms with Crippen molar-refractivity contribution in [3.05, 3.63) is 29.8 Å². The summed E-state index contributed by atoms with van der Waals surface area (Å²) in [4.78, 5) is 22.9. The number of benzene rings is 1. The number of anilines is 1. The first-order valence-corrected chi connectivity index (χ1v) is 8.85. The van der Waals surface area contributed by atoms with Gasteiger partial charge in [0, 0.05) is 22.6 Å². The second kappa shape index (κ2) is 7.68. The predicted octanol–water partition coefficient (Wildman–Crippen LogP) is 3.91. The Morgan fingerprint density at radius 3 is 2.73 bits per heavy atom. The maximum atomic E-state index is 12.4. The van der Waals surface area contributed by atoms with E-state index in [2.05, 4.69) is 5.32 Å². The van der Waals surface area contributed by atoms with Gasteiger partial charge in [0.15, 0.2) is 0 Å². The van der Waals surface area contributed by atoms with Crippen molar-refractivity contribution in [1.29, 1.82) is 0 Å². The molecule has 2 rings (SSSR count). The summed E-state index contributed by atoms with van der Waals surface area (Å²) in [7, 11) is 0. The minimum absolute atomic E-state index is 0.112. The lowest BCUT2D eigenvalue weighted by Gasteiger charge is -2.22. The minimum atomic E-state index is -0.765. The summed E-state index contributed by atoms with van der Waals surface area (Å²) in [5.41, 5.74) is 1.70. The molecule has 2 N–H and O–H groups in total. The highest BCUT2D eigenvalue weighted by molar-refractivity contribution is 7.98. The van der Waals surface area contributed by atoms with Gasteiger partial charge in [-0.1, -0.05) is 31.9 Å². The summed E-state index contributed by atoms with van der Waals surface area (Å²) in [6.45, 7) is 2.04. The summed E-state index contributed by atoms with van der Waals surface area (Å²) in [5.74, 6) is 0.706. The van der Waals surface area contributed by atoms with E-state index in [4.69, 9.17) is 5.11 Å². The van der Waals surface area contributed by atoms with Crippen molar-refractivity contribution >= 4 is 29.3 Å². The zero-order valence-corrected chi connectivity index (χ0v) is 13.7. The van der Waals surface area contributed by atoms with Crippen molar-refractivity contribution in [3.63, 3.8) is 0 Å². The number of rotatable bonds is 7. The summed E-state index contributed by atoms with van der Waals surface area (Å²) < 4.78 is 0. The first kappa shape index (κ1) is 16.9. The van der Waals surface area contributed by atoms with Crippen LogP contribution in [0.2, 0.25) is 0 Å². The van der Waals surface area contributed by atoms with Gasteiger partial charge in [-0.25, -0.2) is 0 Å². The van der Waals surface area contributed by atoms with Crippen molar-refractivity contribution in [2.75, 3.05) is 11.1 Å². The van der Waals surface area contributed by atoms with Crippen molar-refractivity contribution in [2.45, 2.75) is 44.8 Å². The molecule has 0 saturated heterocycles. The lowest BCUT2D eigenvalue weighted by atomic mass is 9.88. The summed E-state index contributed by atoms with van der Waals surface area (Å²) in [6.07, 6.45) is 4.36. The van der Waals surface area contributed by atoms with E-state index in [1.807, 2.05) is 31.2 Å². The largest absolute Gasteiger partial charge is 0.481 e. The van der Waals surface area contributed by atoms with E-state index in [1.54, 1.807) is 11.8 Å². The molecular formula is C17H23NO3S. The van der Waals surface area contributed by atoms with Crippen molar-refractivity contribution in [2.24, 2.45) is 5.41 Å². The van der Waals surface area contributed by atoms with Gasteiger partial charge in [-0.05, 0) is 30.5 Å². The Balaban J connectivity index is 1.88. The molecule has 1 saturated carbocycles. The van der Waals surface area contributed by atoms with Gasteiger partial charge < -0.3 is 10.4 Å². The highest BCUT2D eigenvalue weighted by Crippen LogP contribution is 2.38. The van der Waals surface area contributed by atoms with Crippen LogP contribution in [-0.4, -0.2) is 22.7 Å². The standard InChI is InChI=1S/C17H23NO3S/c1-17(8-2-3-9-17)16(21)18-14-6-4-5-13(11-14)12-22-10-7-15(19)20/h4-6,11H,2-3,7-10,12H2,1H3,(H,18,21)(H,19,20). The quantitative estimate of drug-likeness (QED) is 0.747. The maximum absolute atomic E-state index is 12.4. The topological polar surface area (TPSA) is 66.4 Å². The average molecular weight is 321 g/mol. The van der Waals surface area contributed by atoms with Gasteiger partial charge in [0.05, 0.1) is 6.42 Å². The van der Waals surface area contributed by atoms with E-state index in [0.717, 1.165) is 42.7 Å². The third kappa shape index (κ3) is 4.77. The minimum Gasteiger partial charge on any atom is -0.481 e. The van der Waals surface area contributed by atoms with Crippen LogP contribution in [0.4, 0.5) is 5.69 Å². The third-order valence-electron chi connectivity index (χ3n) is 4.17. The Labute approximate surface area is 135 Å². The number of amides is 1. The van der Waals surface area contributed by atoms with Crippen molar-refractivity contribution in [3.8, 4) is 0 Å². The first-order valence-electron chi connectivity index (χ1n) is 7.69. The van der Waals surface area contributed by atoms with Gasteiger partial charge in [-0.3, -0.25) is 9.59 Å². The lowest BCUT2D eigenvalue weighted by molar-refractivity contribution is -0.136. The van der Waals surface area contributed by atoms with Crippen LogP contribution in [0.25, 0.3) is 0 Å². The molecule has 0 spiro atoms. The molecule has 120 valence electrons. The van der Waals surface area contributed by atoms with Crippen LogP contribution in [0.1, 0.15) is 44.6 Å². The van der Waals surface area contributed by atoms with E-state index in [-0.39, 0.29) is 17.7 Å². The molecule has 0 heterocycles. The molecule has 1 aliphatic rings. The lowest BCUT2D eigenvalue weighted by Crippen LogP contribution is -2.30. The highest BCUT2D eigenvalue weighted by atomic mass is 32.2. The van der Waals surface area contributed by atoms with Crippen LogP contribution in [-0.2, 0) is 15.3 Å². The van der Waals surface area contributed by atoms with E-state index in [1.165, 1.54) is 0 Å². The van der Waals surface area contributed by atoms with Crippen molar-refractivity contribution < 1.29 is 14.7 Å². The van der Waals surface area contributed by atoms with E-state index >= 15 is 0 Å². The molecule has 1 aliphatic carbocycles. The number of carboxylic acid groups (broad SMARTS) is 1. The molecule has 1 aromatic carbocycles. The average Bonchev–Trinajstić information content (AvgIpc) is 2.92. The first-order chi connectivity index (χ1) is 10.5. The summed E-state index contributed by atoms with van der Waals surface area (Å²) in [5, 5.41) is 11.7. The van der Waals surface area contributed by atoms with Crippen LogP contribution >= 0.6 is 11.8 Å². The fraction of sp³-hybridized carbons (Fsp3) is 0.529. The predicted molar refractivity (Wildman–Crippen MR) is 90.1 cm³/mol. The van der Waals surface area contributed by atoms with Gasteiger partial charge in [0.2, 0.25) is 5.91 Å². The van der Waals surface area contributed by atoms with Crippen LogP contribution in [0.5, 0.6) is 0 Å². The molecule has 4 nitrogen and oxygen atoms in total. The SMILES string of the molecule is CC1(C(=O)Nc2cccc(CSCCC(=O)O)c2)CCCC1. The van der Waals surface area contributed by atoms with Gasteiger partial charge in [-0.2, -0.15) is 11.8 Å².